The number of aryl methyl sites for hydroxylation is 2. The first-order valence-electron chi connectivity index (χ1n) is 14.7. The minimum Gasteiger partial charge on any atom is -0.497 e. The highest BCUT2D eigenvalue weighted by atomic mass is 32.2. The lowest BCUT2D eigenvalue weighted by Gasteiger charge is -2.44. The molecule has 1 atom stereocenters. The van der Waals surface area contributed by atoms with Crippen LogP contribution < -0.4 is 4.74 Å². The number of ether oxygens (including phenoxy) is 2. The summed E-state index contributed by atoms with van der Waals surface area (Å²) in [5.41, 5.74) is 2.24. The normalized spacial score (nSPS) is 18.4. The predicted octanol–water partition coefficient (Wildman–Crippen LogP) is 3.32. The van der Waals surface area contributed by atoms with Crippen LogP contribution in [0.1, 0.15) is 35.6 Å². The summed E-state index contributed by atoms with van der Waals surface area (Å²) in [6.07, 6.45) is 1.67. The second kappa shape index (κ2) is 14.3. The molecule has 2 heterocycles. The van der Waals surface area contributed by atoms with Crippen LogP contribution in [0.2, 0.25) is 0 Å². The molecule has 2 aliphatic heterocycles. The molecule has 1 amide bonds. The van der Waals surface area contributed by atoms with E-state index in [1.165, 1.54) is 17.4 Å². The van der Waals surface area contributed by atoms with Crippen LogP contribution in [0.25, 0.3) is 0 Å². The zero-order chi connectivity index (χ0) is 30.4. The Hall–Kier alpha value is -2.57. The molecule has 4 rings (SSSR count). The molecule has 0 radical (unpaired) electrons. The fourth-order valence-corrected chi connectivity index (χ4v) is 7.75. The van der Waals surface area contributed by atoms with Crippen molar-refractivity contribution in [1.82, 2.24) is 19.0 Å². The topological polar surface area (TPSA) is 82.6 Å². The highest BCUT2D eigenvalue weighted by molar-refractivity contribution is 7.89. The molecule has 2 saturated heterocycles. The number of carbonyl (C=O) groups excluding carboxylic acids is 1. The van der Waals surface area contributed by atoms with Crippen LogP contribution in [-0.2, 0) is 19.6 Å². The van der Waals surface area contributed by atoms with E-state index >= 15 is 0 Å². The number of amides is 1. The lowest BCUT2D eigenvalue weighted by molar-refractivity contribution is -0.138. The maximum absolute atomic E-state index is 14.2. The lowest BCUT2D eigenvalue weighted by Crippen LogP contribution is -2.49. The number of carbonyl (C=O) groups is 1. The number of piperazine rings is 1. The van der Waals surface area contributed by atoms with Gasteiger partial charge in [-0.3, -0.25) is 9.69 Å². The molecule has 2 aromatic carbocycles. The second-order valence-electron chi connectivity index (χ2n) is 11.5. The Balaban J connectivity index is 1.28. The van der Waals surface area contributed by atoms with Gasteiger partial charge in [-0.25, -0.2) is 12.8 Å². The third-order valence-corrected chi connectivity index (χ3v) is 10.7. The molecule has 42 heavy (non-hydrogen) atoms. The molecule has 0 saturated carbocycles. The number of hydrogen-bond donors (Lipinski definition) is 0. The molecule has 0 aromatic heterocycles. The van der Waals surface area contributed by atoms with Gasteiger partial charge in [0, 0.05) is 58.9 Å². The minimum absolute atomic E-state index is 0.0923. The van der Waals surface area contributed by atoms with E-state index in [0.717, 1.165) is 44.6 Å². The number of sulfonamides is 1. The van der Waals surface area contributed by atoms with Gasteiger partial charge in [0.15, 0.2) is 0 Å². The maximum atomic E-state index is 14.2. The maximum Gasteiger partial charge on any atom is 0.248 e. The van der Waals surface area contributed by atoms with Gasteiger partial charge in [0.2, 0.25) is 15.9 Å². The van der Waals surface area contributed by atoms with Gasteiger partial charge < -0.3 is 19.3 Å². The molecule has 0 spiro atoms. The first kappa shape index (κ1) is 32.3. The summed E-state index contributed by atoms with van der Waals surface area (Å²) < 4.78 is 52.7. The van der Waals surface area contributed by atoms with Crippen LogP contribution in [0.15, 0.2) is 41.3 Å². The Labute approximate surface area is 250 Å². The van der Waals surface area contributed by atoms with Crippen LogP contribution in [-0.4, -0.2) is 114 Å². The van der Waals surface area contributed by atoms with Crippen molar-refractivity contribution in [1.29, 1.82) is 0 Å². The Morgan fingerprint density at radius 1 is 1.05 bits per heavy atom. The van der Waals surface area contributed by atoms with Gasteiger partial charge in [-0.05, 0) is 80.6 Å². The summed E-state index contributed by atoms with van der Waals surface area (Å²) in [6, 6.07) is 10.5. The van der Waals surface area contributed by atoms with E-state index in [1.807, 2.05) is 11.0 Å². The van der Waals surface area contributed by atoms with Gasteiger partial charge in [0.05, 0.1) is 18.6 Å². The number of benzene rings is 2. The number of nitrogens with zero attached hydrogens (tertiary/aromatic N) is 4. The molecule has 2 aromatic rings. The average Bonchev–Trinajstić information content (AvgIpc) is 2.96. The first-order chi connectivity index (χ1) is 20.0. The Morgan fingerprint density at radius 3 is 2.29 bits per heavy atom. The van der Waals surface area contributed by atoms with Crippen molar-refractivity contribution in [3.05, 3.63) is 58.9 Å². The van der Waals surface area contributed by atoms with E-state index in [1.54, 1.807) is 45.2 Å². The third-order valence-electron chi connectivity index (χ3n) is 8.57. The van der Waals surface area contributed by atoms with Crippen molar-refractivity contribution in [2.75, 3.05) is 80.2 Å². The summed E-state index contributed by atoms with van der Waals surface area (Å²) in [4.78, 5) is 19.8. The number of likely N-dealkylation sites (N-methyl/N-ethyl adjacent to an activating group) is 2. The molecular formula is C31H45FN4O5S. The number of halogens is 1. The molecular weight excluding hydrogens is 559 g/mol. The van der Waals surface area contributed by atoms with Gasteiger partial charge >= 0.3 is 0 Å². The number of methoxy groups -OCH3 is 1. The van der Waals surface area contributed by atoms with Crippen LogP contribution in [0.4, 0.5) is 4.39 Å². The number of rotatable bonds is 11. The second-order valence-corrected chi connectivity index (χ2v) is 13.5. The van der Waals surface area contributed by atoms with Crippen molar-refractivity contribution in [3.8, 4) is 5.75 Å². The van der Waals surface area contributed by atoms with Crippen molar-refractivity contribution in [2.45, 2.75) is 37.6 Å². The summed E-state index contributed by atoms with van der Waals surface area (Å²) in [7, 11) is 1.47. The SMILES string of the molecule is COc1cc(C)c(S(=O)(=O)N(C)CCOCC(=O)N2CCC(C(c3cccc(F)c3)N3CCN(C)CC3)CC2)c(C)c1. The monoisotopic (exact) mass is 604 g/mol. The number of hydrogen-bond acceptors (Lipinski definition) is 7. The largest absolute Gasteiger partial charge is 0.497 e. The number of likely N-dealkylation sites (tertiary alicyclic amines) is 1. The zero-order valence-corrected chi connectivity index (χ0v) is 26.3. The van der Waals surface area contributed by atoms with Gasteiger partial charge in [-0.1, -0.05) is 12.1 Å². The van der Waals surface area contributed by atoms with Crippen molar-refractivity contribution in [3.63, 3.8) is 0 Å². The van der Waals surface area contributed by atoms with Crippen molar-refractivity contribution < 1.29 is 27.1 Å². The van der Waals surface area contributed by atoms with E-state index in [2.05, 4.69) is 16.8 Å². The smallest absolute Gasteiger partial charge is 0.248 e. The molecule has 0 aliphatic carbocycles. The Morgan fingerprint density at radius 2 is 1.69 bits per heavy atom. The third kappa shape index (κ3) is 7.68. The number of piperidine rings is 1. The molecule has 232 valence electrons. The highest BCUT2D eigenvalue weighted by Crippen LogP contribution is 2.36. The summed E-state index contributed by atoms with van der Waals surface area (Å²) in [6.45, 7) is 8.73. The van der Waals surface area contributed by atoms with Crippen LogP contribution >= 0.6 is 0 Å². The van der Waals surface area contributed by atoms with E-state index in [9.17, 15) is 17.6 Å². The Bertz CT molecular complexity index is 1300. The average molecular weight is 605 g/mol. The van der Waals surface area contributed by atoms with Crippen LogP contribution in [0, 0.1) is 25.6 Å². The van der Waals surface area contributed by atoms with Crippen LogP contribution in [0.3, 0.4) is 0 Å². The quantitative estimate of drug-likeness (QED) is 0.364. The van der Waals surface area contributed by atoms with Gasteiger partial charge in [0.1, 0.15) is 18.2 Å². The lowest BCUT2D eigenvalue weighted by atomic mass is 9.84. The zero-order valence-electron chi connectivity index (χ0n) is 25.5. The van der Waals surface area contributed by atoms with E-state index in [0.29, 0.717) is 35.9 Å². The van der Waals surface area contributed by atoms with Gasteiger partial charge in [-0.15, -0.1) is 0 Å². The minimum atomic E-state index is -3.73. The van der Waals surface area contributed by atoms with E-state index < -0.39 is 10.0 Å². The summed E-state index contributed by atoms with van der Waals surface area (Å²) in [5, 5.41) is 0. The first-order valence-corrected chi connectivity index (χ1v) is 16.1. The fourth-order valence-electron chi connectivity index (χ4n) is 6.19. The van der Waals surface area contributed by atoms with E-state index in [-0.39, 0.29) is 42.4 Å². The molecule has 9 nitrogen and oxygen atoms in total. The molecule has 2 aliphatic rings. The van der Waals surface area contributed by atoms with Crippen molar-refractivity contribution >= 4 is 15.9 Å². The van der Waals surface area contributed by atoms with Gasteiger partial charge in [-0.2, -0.15) is 4.31 Å². The highest BCUT2D eigenvalue weighted by Gasteiger charge is 2.34. The fraction of sp³-hybridized carbons (Fsp3) is 0.581. The van der Waals surface area contributed by atoms with E-state index in [4.69, 9.17) is 9.47 Å². The van der Waals surface area contributed by atoms with Crippen LogP contribution in [0.5, 0.6) is 5.75 Å². The molecule has 11 heteroatoms. The molecule has 2 fully saturated rings. The summed E-state index contributed by atoms with van der Waals surface area (Å²) >= 11 is 0. The van der Waals surface area contributed by atoms with Crippen molar-refractivity contribution in [2.24, 2.45) is 5.92 Å². The Kier molecular flexibility index (Phi) is 11.0. The molecule has 0 N–H and O–H groups in total. The molecule has 0 bridgehead atoms. The molecule has 1 unspecified atom stereocenters. The standard InChI is InChI=1S/C31H45FN4O5S/c1-23-19-28(40-5)20-24(2)31(23)42(38,39)34(4)17-18-41-22-29(37)35-11-9-25(10-12-35)30(26-7-6-8-27(32)21-26)36-15-13-33(3)14-16-36/h6-8,19-21,25,30H,9-18,22H2,1-5H3. The van der Waals surface area contributed by atoms with Gasteiger partial charge in [0.25, 0.3) is 0 Å². The predicted molar refractivity (Wildman–Crippen MR) is 161 cm³/mol. The summed E-state index contributed by atoms with van der Waals surface area (Å²) in [5.74, 6) is 0.622.